The van der Waals surface area contributed by atoms with Crippen LogP contribution in [0.2, 0.25) is 10.0 Å². The second-order valence-corrected chi connectivity index (χ2v) is 7.74. The number of hydrogen-bond donors (Lipinski definition) is 0. The molecule has 3 heteroatoms. The van der Waals surface area contributed by atoms with Crippen molar-refractivity contribution in [2.45, 2.75) is 49.3 Å². The molecule has 0 aliphatic rings. The van der Waals surface area contributed by atoms with E-state index in [9.17, 15) is 0 Å². The van der Waals surface area contributed by atoms with Gasteiger partial charge in [0.2, 0.25) is 0 Å². The zero-order valence-electron chi connectivity index (χ0n) is 12.8. The van der Waals surface area contributed by atoms with Crippen LogP contribution in [-0.4, -0.2) is 0 Å². The fraction of sp³-hybridized carbons (Fsp3) is 0.333. The van der Waals surface area contributed by atoms with Crippen LogP contribution in [0.5, 0.6) is 0 Å². The summed E-state index contributed by atoms with van der Waals surface area (Å²) >= 11 is 14.4. The lowest BCUT2D eigenvalue weighted by Crippen LogP contribution is -1.91. The van der Waals surface area contributed by atoms with E-state index in [0.717, 1.165) is 20.5 Å². The minimum Gasteiger partial charge on any atom is -0.0900 e. The SMILES string of the molecule is CC(C)c1ccc(Sc2cc(Cl)c(C(C)C)c(Cl)c2)cc1. The Kier molecular flexibility index (Phi) is 5.65. The van der Waals surface area contributed by atoms with Crippen LogP contribution < -0.4 is 0 Å². The van der Waals surface area contributed by atoms with E-state index in [1.165, 1.54) is 10.5 Å². The number of benzene rings is 2. The molecule has 2 aromatic carbocycles. The molecular weight excluding hydrogens is 319 g/mol. The standard InChI is InChI=1S/C18H20Cl2S/c1-11(2)13-5-7-14(8-6-13)21-15-9-16(19)18(12(3)4)17(20)10-15/h5-12H,1-4H3. The first-order chi connectivity index (χ1) is 9.88. The van der Waals surface area contributed by atoms with E-state index in [-0.39, 0.29) is 0 Å². The van der Waals surface area contributed by atoms with E-state index in [2.05, 4.69) is 52.0 Å². The quantitative estimate of drug-likeness (QED) is 0.559. The van der Waals surface area contributed by atoms with Gasteiger partial charge in [-0.1, -0.05) is 74.8 Å². The van der Waals surface area contributed by atoms with Crippen molar-refractivity contribution in [3.8, 4) is 0 Å². The molecule has 0 saturated heterocycles. The summed E-state index contributed by atoms with van der Waals surface area (Å²) in [4.78, 5) is 2.27. The van der Waals surface area contributed by atoms with Crippen molar-refractivity contribution in [1.29, 1.82) is 0 Å². The van der Waals surface area contributed by atoms with E-state index in [1.807, 2.05) is 12.1 Å². The molecule has 0 nitrogen and oxygen atoms in total. The van der Waals surface area contributed by atoms with Crippen molar-refractivity contribution >= 4 is 35.0 Å². The molecule has 21 heavy (non-hydrogen) atoms. The molecule has 0 bridgehead atoms. The van der Waals surface area contributed by atoms with Crippen molar-refractivity contribution in [3.63, 3.8) is 0 Å². The molecule has 0 amide bonds. The summed E-state index contributed by atoms with van der Waals surface area (Å²) in [6, 6.07) is 12.7. The molecule has 0 radical (unpaired) electrons. The number of halogens is 2. The highest BCUT2D eigenvalue weighted by Gasteiger charge is 2.12. The van der Waals surface area contributed by atoms with Gasteiger partial charge in [0.1, 0.15) is 0 Å². The molecule has 2 rings (SSSR count). The second kappa shape index (κ2) is 7.09. The molecule has 0 spiro atoms. The third-order valence-corrected chi connectivity index (χ3v) is 5.02. The first-order valence-corrected chi connectivity index (χ1v) is 8.72. The minimum absolute atomic E-state index is 0.328. The summed E-state index contributed by atoms with van der Waals surface area (Å²) in [7, 11) is 0. The maximum Gasteiger partial charge on any atom is 0.0466 e. The Morgan fingerprint density at radius 3 is 1.71 bits per heavy atom. The Labute approximate surface area is 141 Å². The summed E-state index contributed by atoms with van der Waals surface area (Å²) in [6.07, 6.45) is 0. The van der Waals surface area contributed by atoms with Gasteiger partial charge < -0.3 is 0 Å². The Hall–Kier alpha value is -0.630. The Morgan fingerprint density at radius 2 is 1.29 bits per heavy atom. The van der Waals surface area contributed by atoms with Crippen LogP contribution in [0.4, 0.5) is 0 Å². The van der Waals surface area contributed by atoms with Gasteiger partial charge in [-0.15, -0.1) is 0 Å². The van der Waals surface area contributed by atoms with E-state index in [4.69, 9.17) is 23.2 Å². The molecule has 0 aliphatic carbocycles. The van der Waals surface area contributed by atoms with Crippen LogP contribution in [0, 0.1) is 0 Å². The summed E-state index contributed by atoms with van der Waals surface area (Å²) in [5.41, 5.74) is 2.38. The molecule has 0 fully saturated rings. The molecule has 0 saturated carbocycles. The lowest BCUT2D eigenvalue weighted by atomic mass is 10.0. The fourth-order valence-corrected chi connectivity index (χ4v) is 4.18. The highest BCUT2D eigenvalue weighted by atomic mass is 35.5. The average molecular weight is 339 g/mol. The van der Waals surface area contributed by atoms with Gasteiger partial charge in [0, 0.05) is 19.8 Å². The zero-order chi connectivity index (χ0) is 15.6. The minimum atomic E-state index is 0.328. The highest BCUT2D eigenvalue weighted by Crippen LogP contribution is 2.38. The van der Waals surface area contributed by atoms with Gasteiger partial charge in [-0.05, 0) is 47.2 Å². The lowest BCUT2D eigenvalue weighted by Gasteiger charge is -2.13. The van der Waals surface area contributed by atoms with Crippen LogP contribution in [0.15, 0.2) is 46.2 Å². The molecule has 0 atom stereocenters. The predicted octanol–water partition coefficient (Wildman–Crippen LogP) is 7.39. The summed E-state index contributed by atoms with van der Waals surface area (Å²) < 4.78 is 0. The smallest absolute Gasteiger partial charge is 0.0466 e. The summed E-state index contributed by atoms with van der Waals surface area (Å²) in [5, 5.41) is 1.50. The zero-order valence-corrected chi connectivity index (χ0v) is 15.1. The van der Waals surface area contributed by atoms with Gasteiger partial charge in [-0.2, -0.15) is 0 Å². The van der Waals surface area contributed by atoms with E-state index >= 15 is 0 Å². The first kappa shape index (κ1) is 16.7. The summed E-state index contributed by atoms with van der Waals surface area (Å²) in [6.45, 7) is 8.60. The highest BCUT2D eigenvalue weighted by molar-refractivity contribution is 7.99. The van der Waals surface area contributed by atoms with Crippen molar-refractivity contribution < 1.29 is 0 Å². The van der Waals surface area contributed by atoms with Crippen molar-refractivity contribution in [3.05, 3.63) is 57.6 Å². The molecule has 112 valence electrons. The average Bonchev–Trinajstić information content (AvgIpc) is 2.37. The van der Waals surface area contributed by atoms with Crippen LogP contribution in [0.25, 0.3) is 0 Å². The lowest BCUT2D eigenvalue weighted by molar-refractivity contribution is 0.864. The van der Waals surface area contributed by atoms with Crippen LogP contribution in [-0.2, 0) is 0 Å². The maximum absolute atomic E-state index is 6.36. The van der Waals surface area contributed by atoms with Gasteiger partial charge in [-0.25, -0.2) is 0 Å². The van der Waals surface area contributed by atoms with Gasteiger partial charge in [0.25, 0.3) is 0 Å². The molecule has 0 N–H and O–H groups in total. The van der Waals surface area contributed by atoms with Crippen LogP contribution in [0.3, 0.4) is 0 Å². The molecule has 0 unspecified atom stereocenters. The van der Waals surface area contributed by atoms with Gasteiger partial charge in [0.15, 0.2) is 0 Å². The van der Waals surface area contributed by atoms with E-state index in [0.29, 0.717) is 11.8 Å². The van der Waals surface area contributed by atoms with Crippen LogP contribution in [0.1, 0.15) is 50.7 Å². The molecule has 2 aromatic rings. The first-order valence-electron chi connectivity index (χ1n) is 7.15. The normalized spacial score (nSPS) is 11.4. The molecule has 0 aliphatic heterocycles. The van der Waals surface area contributed by atoms with Crippen molar-refractivity contribution in [2.24, 2.45) is 0 Å². The largest absolute Gasteiger partial charge is 0.0900 e. The predicted molar refractivity (Wildman–Crippen MR) is 95.2 cm³/mol. The topological polar surface area (TPSA) is 0 Å². The summed E-state index contributed by atoms with van der Waals surface area (Å²) in [5.74, 6) is 0.882. The number of rotatable bonds is 4. The Balaban J connectivity index is 2.24. The van der Waals surface area contributed by atoms with Gasteiger partial charge >= 0.3 is 0 Å². The van der Waals surface area contributed by atoms with E-state index < -0.39 is 0 Å². The molecular formula is C18H20Cl2S. The molecule has 0 heterocycles. The molecule has 0 aromatic heterocycles. The van der Waals surface area contributed by atoms with Gasteiger partial charge in [-0.3, -0.25) is 0 Å². The Bertz CT molecular complexity index is 593. The van der Waals surface area contributed by atoms with Crippen molar-refractivity contribution in [1.82, 2.24) is 0 Å². The third-order valence-electron chi connectivity index (χ3n) is 3.41. The van der Waals surface area contributed by atoms with Gasteiger partial charge in [0.05, 0.1) is 0 Å². The van der Waals surface area contributed by atoms with Crippen molar-refractivity contribution in [2.75, 3.05) is 0 Å². The second-order valence-electron chi connectivity index (χ2n) is 5.78. The maximum atomic E-state index is 6.36. The number of hydrogen-bond acceptors (Lipinski definition) is 1. The fourth-order valence-electron chi connectivity index (χ4n) is 2.23. The third kappa shape index (κ3) is 4.18. The van der Waals surface area contributed by atoms with Crippen LogP contribution >= 0.6 is 35.0 Å². The Morgan fingerprint density at radius 1 is 0.762 bits per heavy atom. The monoisotopic (exact) mass is 338 g/mol. The van der Waals surface area contributed by atoms with E-state index in [1.54, 1.807) is 11.8 Å².